The Labute approximate surface area is 117 Å². The van der Waals surface area contributed by atoms with Gasteiger partial charge in [0.05, 0.1) is 5.69 Å². The van der Waals surface area contributed by atoms with Gasteiger partial charge in [0.2, 0.25) is 11.7 Å². The van der Waals surface area contributed by atoms with E-state index in [4.69, 9.17) is 9.47 Å². The first kappa shape index (κ1) is 12.9. The van der Waals surface area contributed by atoms with Gasteiger partial charge in [0.25, 0.3) is 0 Å². The Bertz CT molecular complexity index is 691. The van der Waals surface area contributed by atoms with Crippen molar-refractivity contribution in [3.63, 3.8) is 0 Å². The van der Waals surface area contributed by atoms with Gasteiger partial charge in [-0.15, -0.1) is 0 Å². The second-order valence-electron chi connectivity index (χ2n) is 5.06. The Kier molecular flexibility index (Phi) is 3.10. The molecule has 2 aromatic rings. The van der Waals surface area contributed by atoms with Gasteiger partial charge in [0, 0.05) is 24.4 Å². The van der Waals surface area contributed by atoms with Gasteiger partial charge in [-0.3, -0.25) is 4.79 Å². The Morgan fingerprint density at radius 3 is 2.60 bits per heavy atom. The lowest BCUT2D eigenvalue weighted by atomic mass is 10.1. The van der Waals surface area contributed by atoms with E-state index in [2.05, 4.69) is 0 Å². The summed E-state index contributed by atoms with van der Waals surface area (Å²) in [5.41, 5.74) is 2.51. The summed E-state index contributed by atoms with van der Waals surface area (Å²) in [4.78, 5) is 12.2. The predicted octanol–water partition coefficient (Wildman–Crippen LogP) is 2.86. The monoisotopic (exact) mass is 271 g/mol. The van der Waals surface area contributed by atoms with Crippen LogP contribution < -0.4 is 10.2 Å². The summed E-state index contributed by atoms with van der Waals surface area (Å²) >= 11 is 0. The molecule has 0 saturated carbocycles. The van der Waals surface area contributed by atoms with Crippen LogP contribution in [0.5, 0.6) is 5.75 Å². The highest BCUT2D eigenvalue weighted by molar-refractivity contribution is 5.34. The van der Waals surface area contributed by atoms with Crippen molar-refractivity contribution in [2.45, 2.75) is 26.2 Å². The summed E-state index contributed by atoms with van der Waals surface area (Å²) < 4.78 is 13.7. The molecule has 4 heteroatoms. The van der Waals surface area contributed by atoms with Crippen LogP contribution in [0, 0.1) is 6.92 Å². The van der Waals surface area contributed by atoms with Gasteiger partial charge >= 0.3 is 0 Å². The highest BCUT2D eigenvalue weighted by Crippen LogP contribution is 2.37. The number of hydrogen-bond acceptors (Lipinski definition) is 3. The summed E-state index contributed by atoms with van der Waals surface area (Å²) in [5.74, 6) is 0.394. The molecule has 0 aliphatic carbocycles. The van der Waals surface area contributed by atoms with Gasteiger partial charge in [-0.05, 0) is 13.8 Å². The predicted molar refractivity (Wildman–Crippen MR) is 75.7 cm³/mol. The molecule has 0 radical (unpaired) electrons. The smallest absolute Gasteiger partial charge is 0.227 e. The number of fused-ring (bicyclic) bond motifs is 1. The topological polar surface area (TPSA) is 40.5 Å². The molecule has 4 nitrogen and oxygen atoms in total. The first-order chi connectivity index (χ1) is 9.58. The summed E-state index contributed by atoms with van der Waals surface area (Å²) in [7, 11) is 1.92. The second-order valence-corrected chi connectivity index (χ2v) is 5.06. The minimum atomic E-state index is -0.533. The first-order valence-corrected chi connectivity index (χ1v) is 6.65. The fourth-order valence-corrected chi connectivity index (χ4v) is 2.54. The Balaban J connectivity index is 2.08. The highest BCUT2D eigenvalue weighted by Gasteiger charge is 2.31. The van der Waals surface area contributed by atoms with Gasteiger partial charge in [-0.2, -0.15) is 0 Å². The number of nitrogens with zero attached hydrogens (tertiary/aromatic N) is 1. The third kappa shape index (κ3) is 2.02. The van der Waals surface area contributed by atoms with Crippen molar-refractivity contribution in [3.05, 3.63) is 63.6 Å². The van der Waals surface area contributed by atoms with Crippen molar-refractivity contribution in [1.82, 2.24) is 4.57 Å². The number of hydrogen-bond donors (Lipinski definition) is 0. The van der Waals surface area contributed by atoms with Crippen LogP contribution in [-0.4, -0.2) is 4.57 Å². The standard InChI is InChI=1S/C16H17NO3/c1-10-9-13(18)15-14(17(10)3)11(2)19-16(20-15)12-7-5-4-6-8-12/h4-9,11,16H,1-3H3/t11-,16+/m0/s1. The quantitative estimate of drug-likeness (QED) is 0.800. The van der Waals surface area contributed by atoms with E-state index in [0.717, 1.165) is 17.0 Å². The first-order valence-electron chi connectivity index (χ1n) is 6.65. The summed E-state index contributed by atoms with van der Waals surface area (Å²) in [6.07, 6.45) is -0.726. The highest BCUT2D eigenvalue weighted by atomic mass is 16.7. The van der Waals surface area contributed by atoms with Crippen molar-refractivity contribution in [2.75, 3.05) is 0 Å². The molecule has 0 spiro atoms. The Morgan fingerprint density at radius 1 is 1.20 bits per heavy atom. The largest absolute Gasteiger partial charge is 0.455 e. The van der Waals surface area contributed by atoms with Crippen molar-refractivity contribution in [3.8, 4) is 5.75 Å². The molecular formula is C16H17NO3. The summed E-state index contributed by atoms with van der Waals surface area (Å²) in [5, 5.41) is 0. The van der Waals surface area contributed by atoms with E-state index in [9.17, 15) is 4.79 Å². The molecule has 0 N–H and O–H groups in total. The molecule has 2 atom stereocenters. The van der Waals surface area contributed by atoms with E-state index in [1.807, 2.05) is 55.8 Å². The van der Waals surface area contributed by atoms with E-state index in [1.54, 1.807) is 6.07 Å². The number of benzene rings is 1. The molecule has 0 bridgehead atoms. The third-order valence-electron chi connectivity index (χ3n) is 3.70. The lowest BCUT2D eigenvalue weighted by Crippen LogP contribution is -2.28. The number of rotatable bonds is 1. The number of aryl methyl sites for hydroxylation is 1. The van der Waals surface area contributed by atoms with E-state index in [0.29, 0.717) is 5.75 Å². The minimum absolute atomic E-state index is 0.0910. The van der Waals surface area contributed by atoms with E-state index >= 15 is 0 Å². The molecule has 0 amide bonds. The number of aromatic nitrogens is 1. The van der Waals surface area contributed by atoms with Gasteiger partial charge in [-0.25, -0.2) is 0 Å². The molecule has 2 heterocycles. The lowest BCUT2D eigenvalue weighted by molar-refractivity contribution is -0.142. The molecule has 20 heavy (non-hydrogen) atoms. The zero-order valence-corrected chi connectivity index (χ0v) is 11.8. The number of ether oxygens (including phenoxy) is 2. The molecule has 1 aromatic carbocycles. The zero-order valence-electron chi connectivity index (χ0n) is 11.8. The molecular weight excluding hydrogens is 254 g/mol. The number of pyridine rings is 1. The van der Waals surface area contributed by atoms with E-state index < -0.39 is 6.29 Å². The molecule has 3 rings (SSSR count). The maximum atomic E-state index is 12.2. The molecule has 0 fully saturated rings. The normalized spacial score (nSPS) is 21.1. The van der Waals surface area contributed by atoms with Gasteiger partial charge in [0.15, 0.2) is 5.75 Å². The zero-order chi connectivity index (χ0) is 14.3. The average Bonchev–Trinajstić information content (AvgIpc) is 2.45. The van der Waals surface area contributed by atoms with Crippen LogP contribution >= 0.6 is 0 Å². The van der Waals surface area contributed by atoms with Gasteiger partial charge < -0.3 is 14.0 Å². The molecule has 0 unspecified atom stereocenters. The van der Waals surface area contributed by atoms with Crippen molar-refractivity contribution >= 4 is 0 Å². The van der Waals surface area contributed by atoms with Crippen LogP contribution in [0.15, 0.2) is 41.2 Å². The molecule has 1 aliphatic rings. The van der Waals surface area contributed by atoms with E-state index in [-0.39, 0.29) is 11.5 Å². The third-order valence-corrected chi connectivity index (χ3v) is 3.70. The van der Waals surface area contributed by atoms with Crippen molar-refractivity contribution in [2.24, 2.45) is 7.05 Å². The fourth-order valence-electron chi connectivity index (χ4n) is 2.54. The van der Waals surface area contributed by atoms with Crippen LogP contribution in [0.25, 0.3) is 0 Å². The van der Waals surface area contributed by atoms with Crippen molar-refractivity contribution in [1.29, 1.82) is 0 Å². The average molecular weight is 271 g/mol. The Morgan fingerprint density at radius 2 is 1.90 bits per heavy atom. The van der Waals surface area contributed by atoms with Gasteiger partial charge in [0.1, 0.15) is 6.10 Å². The SMILES string of the molecule is Cc1cc(=O)c2c(n1C)[C@H](C)O[C@@H](c1ccccc1)O2. The Hall–Kier alpha value is -2.07. The van der Waals surface area contributed by atoms with Crippen LogP contribution in [-0.2, 0) is 11.8 Å². The lowest BCUT2D eigenvalue weighted by Gasteiger charge is -2.32. The van der Waals surface area contributed by atoms with Crippen LogP contribution in [0.3, 0.4) is 0 Å². The van der Waals surface area contributed by atoms with E-state index in [1.165, 1.54) is 0 Å². The summed E-state index contributed by atoms with van der Waals surface area (Å²) in [6, 6.07) is 11.2. The van der Waals surface area contributed by atoms with Crippen molar-refractivity contribution < 1.29 is 9.47 Å². The maximum absolute atomic E-state index is 12.2. The van der Waals surface area contributed by atoms with Crippen LogP contribution in [0.4, 0.5) is 0 Å². The molecule has 1 aromatic heterocycles. The fraction of sp³-hybridized carbons (Fsp3) is 0.312. The van der Waals surface area contributed by atoms with Crippen LogP contribution in [0.2, 0.25) is 0 Å². The molecule has 104 valence electrons. The van der Waals surface area contributed by atoms with Crippen LogP contribution in [0.1, 0.15) is 36.3 Å². The second kappa shape index (κ2) is 4.80. The maximum Gasteiger partial charge on any atom is 0.227 e. The van der Waals surface area contributed by atoms with Gasteiger partial charge in [-0.1, -0.05) is 30.3 Å². The molecule has 1 aliphatic heterocycles. The summed E-state index contributed by atoms with van der Waals surface area (Å²) in [6.45, 7) is 3.84. The minimum Gasteiger partial charge on any atom is -0.455 e. The molecule has 0 saturated heterocycles.